The van der Waals surface area contributed by atoms with E-state index in [0.717, 1.165) is 58.4 Å². The van der Waals surface area contributed by atoms with Crippen molar-refractivity contribution in [2.75, 3.05) is 46.8 Å². The topological polar surface area (TPSA) is 43.9 Å². The van der Waals surface area contributed by atoms with E-state index < -0.39 is 0 Å². The van der Waals surface area contributed by atoms with E-state index in [1.54, 1.807) is 19.0 Å². The van der Waals surface area contributed by atoms with Gasteiger partial charge in [-0.15, -0.1) is 0 Å². The Labute approximate surface area is 156 Å². The molecule has 2 aliphatic rings. The maximum absolute atomic E-state index is 13.2. The van der Waals surface area contributed by atoms with Gasteiger partial charge < -0.3 is 14.7 Å². The van der Waals surface area contributed by atoms with Gasteiger partial charge in [0.1, 0.15) is 0 Å². The minimum absolute atomic E-state index is 0.158. The van der Waals surface area contributed by atoms with Crippen molar-refractivity contribution in [3.63, 3.8) is 0 Å². The van der Waals surface area contributed by atoms with Gasteiger partial charge in [0, 0.05) is 46.7 Å². The molecule has 3 rings (SSSR count). The molecule has 2 saturated heterocycles. The van der Waals surface area contributed by atoms with Gasteiger partial charge in [-0.25, -0.2) is 0 Å². The zero-order chi connectivity index (χ0) is 18.6. The molecule has 1 aromatic carbocycles. The number of benzene rings is 1. The average molecular weight is 357 g/mol. The first-order chi connectivity index (χ1) is 12.5. The van der Waals surface area contributed by atoms with Gasteiger partial charge in [0.2, 0.25) is 11.8 Å². The Hall–Kier alpha value is -1.88. The molecule has 142 valence electrons. The molecule has 2 amide bonds. The van der Waals surface area contributed by atoms with Gasteiger partial charge in [-0.2, -0.15) is 0 Å². The minimum Gasteiger partial charge on any atom is -0.349 e. The predicted molar refractivity (Wildman–Crippen MR) is 103 cm³/mol. The summed E-state index contributed by atoms with van der Waals surface area (Å²) in [6, 6.07) is 10.4. The first-order valence-electron chi connectivity index (χ1n) is 9.76. The Balaban J connectivity index is 1.54. The Bertz CT molecular complexity index is 631. The lowest BCUT2D eigenvalue weighted by atomic mass is 9.78. The highest BCUT2D eigenvalue weighted by Gasteiger charge is 2.47. The molecule has 2 aliphatic heterocycles. The quantitative estimate of drug-likeness (QED) is 0.782. The van der Waals surface area contributed by atoms with Crippen LogP contribution in [0.5, 0.6) is 0 Å². The highest BCUT2D eigenvalue weighted by Crippen LogP contribution is 2.40. The fourth-order valence-electron chi connectivity index (χ4n) is 4.28. The van der Waals surface area contributed by atoms with Crippen LogP contribution in [0.25, 0.3) is 0 Å². The summed E-state index contributed by atoms with van der Waals surface area (Å²) in [6.07, 6.45) is 4.47. The van der Waals surface area contributed by atoms with Gasteiger partial charge in [0.25, 0.3) is 0 Å². The Kier molecular flexibility index (Phi) is 5.97. The van der Waals surface area contributed by atoms with Gasteiger partial charge in [0.05, 0.1) is 5.41 Å². The number of amides is 2. The Morgan fingerprint density at radius 3 is 2.62 bits per heavy atom. The monoisotopic (exact) mass is 357 g/mol. The second-order valence-corrected chi connectivity index (χ2v) is 7.98. The van der Waals surface area contributed by atoms with E-state index in [1.165, 1.54) is 5.56 Å². The lowest BCUT2D eigenvalue weighted by Crippen LogP contribution is -2.50. The summed E-state index contributed by atoms with van der Waals surface area (Å²) < 4.78 is 0. The van der Waals surface area contributed by atoms with Crippen LogP contribution in [0.15, 0.2) is 30.3 Å². The maximum atomic E-state index is 13.2. The van der Waals surface area contributed by atoms with Crippen LogP contribution in [-0.4, -0.2) is 73.3 Å². The molecule has 1 aromatic rings. The standard InChI is InChI=1S/C21H31N3O2/c1-22(2)19(25)10-14-23-16-12-21(17-23)11-6-13-24(20(21)26)15-9-18-7-4-3-5-8-18/h3-5,7-8H,6,9-17H2,1-2H3. The Morgan fingerprint density at radius 2 is 1.88 bits per heavy atom. The van der Waals surface area contributed by atoms with Gasteiger partial charge in [-0.1, -0.05) is 30.3 Å². The fourth-order valence-corrected chi connectivity index (χ4v) is 4.28. The molecular weight excluding hydrogens is 326 g/mol. The third kappa shape index (κ3) is 4.26. The van der Waals surface area contributed by atoms with Crippen molar-refractivity contribution >= 4 is 11.8 Å². The second kappa shape index (κ2) is 8.21. The second-order valence-electron chi connectivity index (χ2n) is 7.98. The van der Waals surface area contributed by atoms with E-state index in [9.17, 15) is 9.59 Å². The molecule has 1 atom stereocenters. The third-order valence-electron chi connectivity index (χ3n) is 5.91. The van der Waals surface area contributed by atoms with Gasteiger partial charge in [-0.3, -0.25) is 9.59 Å². The number of rotatable bonds is 6. The van der Waals surface area contributed by atoms with E-state index in [4.69, 9.17) is 0 Å². The molecule has 2 fully saturated rings. The number of hydrogen-bond donors (Lipinski definition) is 0. The molecule has 0 bridgehead atoms. The first kappa shape index (κ1) is 18.9. The summed E-state index contributed by atoms with van der Waals surface area (Å²) in [5.41, 5.74) is 1.07. The van der Waals surface area contributed by atoms with Crippen LogP contribution in [0.3, 0.4) is 0 Å². The van der Waals surface area contributed by atoms with E-state index in [-0.39, 0.29) is 11.3 Å². The zero-order valence-electron chi connectivity index (χ0n) is 16.1. The van der Waals surface area contributed by atoms with E-state index in [0.29, 0.717) is 12.3 Å². The molecular formula is C21H31N3O2. The first-order valence-corrected chi connectivity index (χ1v) is 9.76. The molecule has 1 unspecified atom stereocenters. The zero-order valence-corrected chi connectivity index (χ0v) is 16.1. The van der Waals surface area contributed by atoms with Crippen molar-refractivity contribution < 1.29 is 9.59 Å². The van der Waals surface area contributed by atoms with Crippen molar-refractivity contribution in [1.82, 2.24) is 14.7 Å². The highest BCUT2D eigenvalue weighted by molar-refractivity contribution is 5.84. The molecule has 0 radical (unpaired) electrons. The summed E-state index contributed by atoms with van der Waals surface area (Å²) in [5, 5.41) is 0. The fraction of sp³-hybridized carbons (Fsp3) is 0.619. The van der Waals surface area contributed by atoms with Crippen LogP contribution in [0.2, 0.25) is 0 Å². The summed E-state index contributed by atoms with van der Waals surface area (Å²) >= 11 is 0. The summed E-state index contributed by atoms with van der Waals surface area (Å²) in [4.78, 5) is 31.0. The van der Waals surface area contributed by atoms with Gasteiger partial charge >= 0.3 is 0 Å². The maximum Gasteiger partial charge on any atom is 0.230 e. The van der Waals surface area contributed by atoms with Gasteiger partial charge in [0.15, 0.2) is 0 Å². The number of nitrogens with zero attached hydrogens (tertiary/aromatic N) is 3. The van der Waals surface area contributed by atoms with Crippen LogP contribution in [0.1, 0.15) is 31.2 Å². The third-order valence-corrected chi connectivity index (χ3v) is 5.91. The number of carbonyl (C=O) groups excluding carboxylic acids is 2. The summed E-state index contributed by atoms with van der Waals surface area (Å²) in [5.74, 6) is 0.492. The van der Waals surface area contributed by atoms with E-state index in [1.807, 2.05) is 6.07 Å². The number of hydrogen-bond acceptors (Lipinski definition) is 3. The molecule has 2 heterocycles. The molecule has 0 N–H and O–H groups in total. The SMILES string of the molecule is CN(C)C(=O)CCN1CCC2(CCCN(CCc3ccccc3)C2=O)C1. The minimum atomic E-state index is -0.212. The predicted octanol–water partition coefficient (Wildman–Crippen LogP) is 2.02. The molecule has 26 heavy (non-hydrogen) atoms. The normalized spacial score (nSPS) is 23.6. The van der Waals surface area contributed by atoms with E-state index in [2.05, 4.69) is 34.1 Å². The van der Waals surface area contributed by atoms with Crippen molar-refractivity contribution in [1.29, 1.82) is 0 Å². The van der Waals surface area contributed by atoms with Crippen molar-refractivity contribution in [3.8, 4) is 0 Å². The summed E-state index contributed by atoms with van der Waals surface area (Å²) in [7, 11) is 3.59. The number of piperidine rings is 1. The number of carbonyl (C=O) groups is 2. The molecule has 0 aliphatic carbocycles. The van der Waals surface area contributed by atoms with Crippen molar-refractivity contribution in [3.05, 3.63) is 35.9 Å². The van der Waals surface area contributed by atoms with Crippen LogP contribution in [0, 0.1) is 5.41 Å². The average Bonchev–Trinajstić information content (AvgIpc) is 3.06. The van der Waals surface area contributed by atoms with Crippen LogP contribution < -0.4 is 0 Å². The Morgan fingerprint density at radius 1 is 1.12 bits per heavy atom. The summed E-state index contributed by atoms with van der Waals surface area (Å²) in [6.45, 7) is 4.19. The highest BCUT2D eigenvalue weighted by atomic mass is 16.2. The number of likely N-dealkylation sites (tertiary alicyclic amines) is 2. The van der Waals surface area contributed by atoms with Crippen LogP contribution in [0.4, 0.5) is 0 Å². The molecule has 1 spiro atoms. The smallest absolute Gasteiger partial charge is 0.230 e. The molecule has 5 heteroatoms. The lowest BCUT2D eigenvalue weighted by Gasteiger charge is -2.39. The largest absolute Gasteiger partial charge is 0.349 e. The van der Waals surface area contributed by atoms with Crippen LogP contribution >= 0.6 is 0 Å². The molecule has 0 aromatic heterocycles. The molecule has 5 nitrogen and oxygen atoms in total. The van der Waals surface area contributed by atoms with Gasteiger partial charge in [-0.05, 0) is 37.8 Å². The van der Waals surface area contributed by atoms with Crippen molar-refractivity contribution in [2.24, 2.45) is 5.41 Å². The van der Waals surface area contributed by atoms with Crippen LogP contribution in [-0.2, 0) is 16.0 Å². The molecule has 0 saturated carbocycles. The lowest BCUT2D eigenvalue weighted by molar-refractivity contribution is -0.145. The van der Waals surface area contributed by atoms with Crippen molar-refractivity contribution in [2.45, 2.75) is 32.1 Å². The van der Waals surface area contributed by atoms with E-state index >= 15 is 0 Å².